The summed E-state index contributed by atoms with van der Waals surface area (Å²) in [4.78, 5) is 13.1. The molecule has 3 aromatic rings. The standard InChI is InChI=1S/C17H16ClN3O3S2/c1-11(14-3-2-8-25-14)19-15(22)10-26-17-21-20-16(24-17)9-23-13-6-4-12(18)5-7-13/h2-8,11H,9-10H2,1H3,(H,19,22). The molecule has 136 valence electrons. The number of carbonyl (C=O) groups is 1. The minimum Gasteiger partial charge on any atom is -0.484 e. The molecular formula is C17H16ClN3O3S2. The lowest BCUT2D eigenvalue weighted by atomic mass is 10.3. The van der Waals surface area contributed by atoms with Gasteiger partial charge in [-0.25, -0.2) is 0 Å². The number of thioether (sulfide) groups is 1. The lowest BCUT2D eigenvalue weighted by Gasteiger charge is -2.11. The van der Waals surface area contributed by atoms with E-state index in [-0.39, 0.29) is 24.3 Å². The van der Waals surface area contributed by atoms with Crippen LogP contribution >= 0.6 is 34.7 Å². The topological polar surface area (TPSA) is 77.2 Å². The van der Waals surface area contributed by atoms with Crippen LogP contribution in [0.15, 0.2) is 51.4 Å². The molecule has 0 aliphatic heterocycles. The fourth-order valence-corrected chi connectivity index (χ4v) is 3.50. The second-order valence-electron chi connectivity index (χ2n) is 5.30. The van der Waals surface area contributed by atoms with Crippen molar-refractivity contribution in [3.63, 3.8) is 0 Å². The number of rotatable bonds is 8. The molecule has 1 N–H and O–H groups in total. The van der Waals surface area contributed by atoms with Gasteiger partial charge < -0.3 is 14.5 Å². The lowest BCUT2D eigenvalue weighted by molar-refractivity contribution is -0.119. The number of hydrogen-bond donors (Lipinski definition) is 1. The SMILES string of the molecule is CC(NC(=O)CSc1nnc(COc2ccc(Cl)cc2)o1)c1cccs1. The number of aromatic nitrogens is 2. The van der Waals surface area contributed by atoms with Crippen LogP contribution in [0.1, 0.15) is 23.7 Å². The summed E-state index contributed by atoms with van der Waals surface area (Å²) in [5, 5.41) is 13.7. The average molecular weight is 410 g/mol. The molecule has 9 heteroatoms. The van der Waals surface area contributed by atoms with E-state index in [0.29, 0.717) is 21.9 Å². The summed E-state index contributed by atoms with van der Waals surface area (Å²) >= 11 is 8.62. The van der Waals surface area contributed by atoms with Crippen LogP contribution in [-0.2, 0) is 11.4 Å². The van der Waals surface area contributed by atoms with Crippen LogP contribution in [0.3, 0.4) is 0 Å². The molecule has 3 rings (SSSR count). The van der Waals surface area contributed by atoms with E-state index in [4.69, 9.17) is 20.8 Å². The van der Waals surface area contributed by atoms with Crippen molar-refractivity contribution in [1.29, 1.82) is 0 Å². The fourth-order valence-electron chi connectivity index (χ4n) is 2.05. The summed E-state index contributed by atoms with van der Waals surface area (Å²) in [5.74, 6) is 1.11. The summed E-state index contributed by atoms with van der Waals surface area (Å²) < 4.78 is 11.0. The van der Waals surface area contributed by atoms with Gasteiger partial charge in [-0.15, -0.1) is 21.5 Å². The van der Waals surface area contributed by atoms with Gasteiger partial charge in [0.25, 0.3) is 11.1 Å². The van der Waals surface area contributed by atoms with Crippen molar-refractivity contribution in [2.45, 2.75) is 24.8 Å². The quantitative estimate of drug-likeness (QED) is 0.558. The predicted molar refractivity (Wildman–Crippen MR) is 102 cm³/mol. The van der Waals surface area contributed by atoms with Crippen molar-refractivity contribution in [2.24, 2.45) is 0 Å². The maximum absolute atomic E-state index is 12.0. The van der Waals surface area contributed by atoms with Gasteiger partial charge in [0, 0.05) is 9.90 Å². The molecule has 0 aliphatic carbocycles. The molecule has 0 saturated carbocycles. The Bertz CT molecular complexity index is 837. The highest BCUT2D eigenvalue weighted by Crippen LogP contribution is 2.21. The van der Waals surface area contributed by atoms with Crippen molar-refractivity contribution >= 4 is 40.6 Å². The monoisotopic (exact) mass is 409 g/mol. The third-order valence-electron chi connectivity index (χ3n) is 3.30. The average Bonchev–Trinajstić information content (AvgIpc) is 3.31. The molecule has 0 fully saturated rings. The zero-order chi connectivity index (χ0) is 18.4. The van der Waals surface area contributed by atoms with Crippen LogP contribution in [0.25, 0.3) is 0 Å². The van der Waals surface area contributed by atoms with Crippen LogP contribution in [0.4, 0.5) is 0 Å². The Morgan fingerprint density at radius 3 is 2.88 bits per heavy atom. The van der Waals surface area contributed by atoms with Gasteiger partial charge in [0.05, 0.1) is 11.8 Å². The summed E-state index contributed by atoms with van der Waals surface area (Å²) in [7, 11) is 0. The second-order valence-corrected chi connectivity index (χ2v) is 7.64. The van der Waals surface area contributed by atoms with Crippen LogP contribution in [-0.4, -0.2) is 21.9 Å². The third-order valence-corrected chi connectivity index (χ3v) is 5.42. The Kier molecular flexibility index (Phi) is 6.54. The summed E-state index contributed by atoms with van der Waals surface area (Å²) in [6.07, 6.45) is 0. The maximum Gasteiger partial charge on any atom is 0.277 e. The number of halogens is 1. The summed E-state index contributed by atoms with van der Waals surface area (Å²) in [6.45, 7) is 2.10. The molecule has 2 aromatic heterocycles. The molecule has 0 bridgehead atoms. The number of nitrogens with zero attached hydrogens (tertiary/aromatic N) is 2. The number of carbonyl (C=O) groups excluding carboxylic acids is 1. The van der Waals surface area contributed by atoms with E-state index in [1.54, 1.807) is 35.6 Å². The number of amides is 1. The Hall–Kier alpha value is -2.03. The minimum absolute atomic E-state index is 0.0193. The molecule has 2 heterocycles. The molecule has 1 amide bonds. The number of nitrogens with one attached hydrogen (secondary N) is 1. The Balaban J connectivity index is 1.43. The van der Waals surface area contributed by atoms with Crippen molar-refractivity contribution in [2.75, 3.05) is 5.75 Å². The largest absolute Gasteiger partial charge is 0.484 e. The molecule has 0 radical (unpaired) electrons. The maximum atomic E-state index is 12.0. The van der Waals surface area contributed by atoms with Gasteiger partial charge >= 0.3 is 0 Å². The minimum atomic E-state index is -0.0898. The van der Waals surface area contributed by atoms with Crippen molar-refractivity contribution in [3.8, 4) is 5.75 Å². The van der Waals surface area contributed by atoms with Crippen molar-refractivity contribution in [3.05, 3.63) is 57.6 Å². The van der Waals surface area contributed by atoms with Crippen LogP contribution in [0.2, 0.25) is 5.02 Å². The van der Waals surface area contributed by atoms with Crippen molar-refractivity contribution in [1.82, 2.24) is 15.5 Å². The van der Waals surface area contributed by atoms with Gasteiger partial charge in [0.15, 0.2) is 6.61 Å². The van der Waals surface area contributed by atoms with Gasteiger partial charge in [-0.05, 0) is 42.6 Å². The van der Waals surface area contributed by atoms with Gasteiger partial charge in [-0.1, -0.05) is 29.4 Å². The van der Waals surface area contributed by atoms with E-state index < -0.39 is 0 Å². The van der Waals surface area contributed by atoms with Gasteiger partial charge in [0.1, 0.15) is 5.75 Å². The lowest BCUT2D eigenvalue weighted by Crippen LogP contribution is -2.27. The second kappa shape index (κ2) is 9.07. The first kappa shape index (κ1) is 18.8. The third kappa shape index (κ3) is 5.48. The molecule has 0 aliphatic rings. The first-order valence-electron chi connectivity index (χ1n) is 7.76. The Labute approximate surface area is 163 Å². The summed E-state index contributed by atoms with van der Waals surface area (Å²) in [6, 6.07) is 10.9. The number of thiophene rings is 1. The zero-order valence-electron chi connectivity index (χ0n) is 13.8. The van der Waals surface area contributed by atoms with E-state index in [2.05, 4.69) is 15.5 Å². The highest BCUT2D eigenvalue weighted by atomic mass is 35.5. The van der Waals surface area contributed by atoms with Gasteiger partial charge in [-0.2, -0.15) is 0 Å². The zero-order valence-corrected chi connectivity index (χ0v) is 16.2. The Morgan fingerprint density at radius 2 is 2.15 bits per heavy atom. The highest BCUT2D eigenvalue weighted by Gasteiger charge is 2.13. The normalized spacial score (nSPS) is 11.9. The van der Waals surface area contributed by atoms with Gasteiger partial charge in [0.2, 0.25) is 5.91 Å². The summed E-state index contributed by atoms with van der Waals surface area (Å²) in [5.41, 5.74) is 0. The van der Waals surface area contributed by atoms with E-state index in [9.17, 15) is 4.79 Å². The Morgan fingerprint density at radius 1 is 1.35 bits per heavy atom. The van der Waals surface area contributed by atoms with E-state index in [0.717, 1.165) is 4.88 Å². The smallest absolute Gasteiger partial charge is 0.277 e. The van der Waals surface area contributed by atoms with Gasteiger partial charge in [-0.3, -0.25) is 4.79 Å². The van der Waals surface area contributed by atoms with Crippen LogP contribution < -0.4 is 10.1 Å². The van der Waals surface area contributed by atoms with E-state index >= 15 is 0 Å². The van der Waals surface area contributed by atoms with E-state index in [1.807, 2.05) is 24.4 Å². The predicted octanol–water partition coefficient (Wildman–Crippen LogP) is 4.33. The van der Waals surface area contributed by atoms with Crippen molar-refractivity contribution < 1.29 is 13.9 Å². The van der Waals surface area contributed by atoms with E-state index in [1.165, 1.54) is 11.8 Å². The molecule has 26 heavy (non-hydrogen) atoms. The fraction of sp³-hybridized carbons (Fsp3) is 0.235. The molecule has 6 nitrogen and oxygen atoms in total. The molecule has 0 spiro atoms. The first-order chi connectivity index (χ1) is 12.6. The molecular weight excluding hydrogens is 394 g/mol. The highest BCUT2D eigenvalue weighted by molar-refractivity contribution is 7.99. The van der Waals surface area contributed by atoms with Crippen LogP contribution in [0.5, 0.6) is 5.75 Å². The molecule has 0 saturated heterocycles. The number of hydrogen-bond acceptors (Lipinski definition) is 7. The molecule has 1 aromatic carbocycles. The first-order valence-corrected chi connectivity index (χ1v) is 10.0. The molecule has 1 unspecified atom stereocenters. The molecule has 1 atom stereocenters. The number of benzene rings is 1. The van der Waals surface area contributed by atoms with Crippen LogP contribution in [0, 0.1) is 0 Å². The number of ether oxygens (including phenoxy) is 1.